The topological polar surface area (TPSA) is 71.2 Å². The van der Waals surface area contributed by atoms with Gasteiger partial charge in [0.2, 0.25) is 0 Å². The molecule has 7 heteroatoms. The van der Waals surface area contributed by atoms with Gasteiger partial charge in [0, 0.05) is 42.0 Å². The summed E-state index contributed by atoms with van der Waals surface area (Å²) in [4.78, 5) is 7.04. The van der Waals surface area contributed by atoms with Crippen molar-refractivity contribution in [3.63, 3.8) is 0 Å². The van der Waals surface area contributed by atoms with Crippen LogP contribution in [0.3, 0.4) is 0 Å². The number of rotatable bonds is 3. The van der Waals surface area contributed by atoms with E-state index in [9.17, 15) is 0 Å². The lowest BCUT2D eigenvalue weighted by Gasteiger charge is -2.30. The van der Waals surface area contributed by atoms with E-state index in [4.69, 9.17) is 10.1 Å². The van der Waals surface area contributed by atoms with Gasteiger partial charge in [-0.15, -0.1) is 15.3 Å². The molecular weight excluding hydrogens is 362 g/mol. The van der Waals surface area contributed by atoms with Crippen LogP contribution in [0.1, 0.15) is 27.9 Å². The molecule has 5 rings (SSSR count). The molecule has 0 spiro atoms. The molecule has 1 aliphatic heterocycles. The van der Waals surface area contributed by atoms with E-state index in [1.54, 1.807) is 10.8 Å². The molecule has 1 N–H and O–H groups in total. The number of hydrogen-bond donors (Lipinski definition) is 1. The number of para-hydroxylation sites is 1. The third kappa shape index (κ3) is 3.08. The minimum absolute atomic E-state index is 0.784. The number of anilines is 3. The summed E-state index contributed by atoms with van der Waals surface area (Å²) in [6, 6.07) is 10.5. The van der Waals surface area contributed by atoms with Crippen LogP contribution in [0, 0.1) is 20.8 Å². The Morgan fingerprint density at radius 3 is 2.79 bits per heavy atom. The fourth-order valence-electron chi connectivity index (χ4n) is 3.91. The molecule has 4 aromatic rings. The van der Waals surface area contributed by atoms with Gasteiger partial charge in [0.25, 0.3) is 0 Å². The Labute approximate surface area is 169 Å². The molecule has 29 heavy (non-hydrogen) atoms. The van der Waals surface area contributed by atoms with Gasteiger partial charge in [-0.3, -0.25) is 4.98 Å². The van der Waals surface area contributed by atoms with Gasteiger partial charge in [0.1, 0.15) is 6.33 Å². The molecule has 3 aromatic heterocycles. The molecule has 0 bridgehead atoms. The van der Waals surface area contributed by atoms with E-state index in [2.05, 4.69) is 59.4 Å². The third-order valence-electron chi connectivity index (χ3n) is 5.73. The summed E-state index contributed by atoms with van der Waals surface area (Å²) in [5.74, 6) is 0.984. The van der Waals surface area contributed by atoms with Gasteiger partial charge < -0.3 is 10.2 Å². The molecule has 0 unspecified atom stereocenters. The van der Waals surface area contributed by atoms with Crippen molar-refractivity contribution < 1.29 is 0 Å². The zero-order chi connectivity index (χ0) is 20.0. The Morgan fingerprint density at radius 1 is 1.07 bits per heavy atom. The van der Waals surface area contributed by atoms with Crippen LogP contribution in [0.25, 0.3) is 5.65 Å². The molecule has 1 aliphatic rings. The fourth-order valence-corrected chi connectivity index (χ4v) is 3.91. The predicted octanol–water partition coefficient (Wildman–Crippen LogP) is 3.75. The number of aryl methyl sites for hydroxylation is 2. The molecule has 4 heterocycles. The number of pyridine rings is 1. The standard InChI is InChI=1S/C22H23N7/c1-14-6-4-5-7-19(14)25-18-10-17-12-28(9-8-20(17)23-11-18)22-16(3)15(2)21-26-24-13-29(21)27-22/h4-7,10-11,13,25H,8-9,12H2,1-3H3. The molecule has 1 aromatic carbocycles. The second-order valence-corrected chi connectivity index (χ2v) is 7.61. The van der Waals surface area contributed by atoms with Crippen molar-refractivity contribution in [1.29, 1.82) is 0 Å². The molecule has 146 valence electrons. The highest BCUT2D eigenvalue weighted by molar-refractivity contribution is 5.64. The molecule has 0 saturated heterocycles. The number of fused-ring (bicyclic) bond motifs is 2. The number of nitrogens with zero attached hydrogens (tertiary/aromatic N) is 6. The Balaban J connectivity index is 1.46. The van der Waals surface area contributed by atoms with Gasteiger partial charge in [-0.1, -0.05) is 18.2 Å². The van der Waals surface area contributed by atoms with Crippen molar-refractivity contribution in [3.8, 4) is 0 Å². The minimum Gasteiger partial charge on any atom is -0.354 e. The summed E-state index contributed by atoms with van der Waals surface area (Å²) in [5, 5.41) is 16.4. The largest absolute Gasteiger partial charge is 0.354 e. The highest BCUT2D eigenvalue weighted by Crippen LogP contribution is 2.29. The number of nitrogens with one attached hydrogen (secondary N) is 1. The Bertz CT molecular complexity index is 1210. The Kier molecular flexibility index (Phi) is 4.16. The molecule has 0 atom stereocenters. The molecule has 0 aliphatic carbocycles. The normalized spacial score (nSPS) is 13.6. The number of aromatic nitrogens is 5. The molecule has 0 fully saturated rings. The lowest BCUT2D eigenvalue weighted by molar-refractivity contribution is 0.688. The highest BCUT2D eigenvalue weighted by atomic mass is 15.4. The average Bonchev–Trinajstić information content (AvgIpc) is 3.21. The van der Waals surface area contributed by atoms with Crippen molar-refractivity contribution >= 4 is 22.8 Å². The lowest BCUT2D eigenvalue weighted by atomic mass is 10.0. The maximum Gasteiger partial charge on any atom is 0.180 e. The van der Waals surface area contributed by atoms with E-state index < -0.39 is 0 Å². The van der Waals surface area contributed by atoms with Crippen molar-refractivity contribution in [2.45, 2.75) is 33.7 Å². The monoisotopic (exact) mass is 385 g/mol. The van der Waals surface area contributed by atoms with E-state index in [-0.39, 0.29) is 0 Å². The average molecular weight is 385 g/mol. The summed E-state index contributed by atoms with van der Waals surface area (Å²) in [6.07, 6.45) is 4.49. The molecule has 7 nitrogen and oxygen atoms in total. The first-order valence-electron chi connectivity index (χ1n) is 9.83. The smallest absolute Gasteiger partial charge is 0.180 e. The van der Waals surface area contributed by atoms with E-state index in [1.807, 2.05) is 18.3 Å². The summed E-state index contributed by atoms with van der Waals surface area (Å²) >= 11 is 0. The van der Waals surface area contributed by atoms with Gasteiger partial charge in [0.05, 0.1) is 11.9 Å². The zero-order valence-corrected chi connectivity index (χ0v) is 16.8. The molecule has 0 amide bonds. The highest BCUT2D eigenvalue weighted by Gasteiger charge is 2.22. The first-order valence-corrected chi connectivity index (χ1v) is 9.83. The first-order chi connectivity index (χ1) is 14.1. The molecule has 0 saturated carbocycles. The Hall–Kier alpha value is -3.48. The van der Waals surface area contributed by atoms with Crippen LogP contribution in [-0.4, -0.2) is 31.3 Å². The van der Waals surface area contributed by atoms with Gasteiger partial charge in [0.15, 0.2) is 11.5 Å². The maximum absolute atomic E-state index is 4.78. The maximum atomic E-state index is 4.78. The number of benzene rings is 1. The predicted molar refractivity (Wildman–Crippen MR) is 114 cm³/mol. The van der Waals surface area contributed by atoms with Gasteiger partial charge in [-0.05, 0) is 44.0 Å². The second kappa shape index (κ2) is 6.84. The van der Waals surface area contributed by atoms with Crippen molar-refractivity contribution in [3.05, 3.63) is 70.8 Å². The van der Waals surface area contributed by atoms with Gasteiger partial charge in [-0.2, -0.15) is 4.52 Å². The summed E-state index contributed by atoms with van der Waals surface area (Å²) in [5.41, 5.74) is 8.80. The summed E-state index contributed by atoms with van der Waals surface area (Å²) in [7, 11) is 0. The lowest BCUT2D eigenvalue weighted by Crippen LogP contribution is -2.32. The van der Waals surface area contributed by atoms with Crippen molar-refractivity contribution in [1.82, 2.24) is 24.8 Å². The summed E-state index contributed by atoms with van der Waals surface area (Å²) in [6.45, 7) is 7.97. The van der Waals surface area contributed by atoms with E-state index in [0.29, 0.717) is 0 Å². The van der Waals surface area contributed by atoms with Crippen LogP contribution in [0.4, 0.5) is 17.2 Å². The van der Waals surface area contributed by atoms with Crippen LogP contribution >= 0.6 is 0 Å². The van der Waals surface area contributed by atoms with E-state index >= 15 is 0 Å². The SMILES string of the molecule is Cc1ccccc1Nc1cnc2c(c1)CN(c1nn3cnnc3c(C)c1C)CC2. The van der Waals surface area contributed by atoms with Crippen LogP contribution in [-0.2, 0) is 13.0 Å². The molecular formula is C22H23N7. The molecule has 0 radical (unpaired) electrons. The first kappa shape index (κ1) is 17.6. The third-order valence-corrected chi connectivity index (χ3v) is 5.73. The Morgan fingerprint density at radius 2 is 1.93 bits per heavy atom. The van der Waals surface area contributed by atoms with Gasteiger partial charge >= 0.3 is 0 Å². The fraction of sp³-hybridized carbons (Fsp3) is 0.273. The number of hydrogen-bond acceptors (Lipinski definition) is 6. The van der Waals surface area contributed by atoms with Crippen molar-refractivity contribution in [2.24, 2.45) is 0 Å². The van der Waals surface area contributed by atoms with Crippen LogP contribution in [0.15, 0.2) is 42.9 Å². The zero-order valence-electron chi connectivity index (χ0n) is 16.8. The van der Waals surface area contributed by atoms with E-state index in [1.165, 1.54) is 11.1 Å². The quantitative estimate of drug-likeness (QED) is 0.579. The van der Waals surface area contributed by atoms with E-state index in [0.717, 1.165) is 59.2 Å². The summed E-state index contributed by atoms with van der Waals surface area (Å²) < 4.78 is 1.77. The van der Waals surface area contributed by atoms with Crippen LogP contribution in [0.2, 0.25) is 0 Å². The van der Waals surface area contributed by atoms with Crippen LogP contribution in [0.5, 0.6) is 0 Å². The van der Waals surface area contributed by atoms with Crippen LogP contribution < -0.4 is 10.2 Å². The second-order valence-electron chi connectivity index (χ2n) is 7.61. The van der Waals surface area contributed by atoms with Crippen molar-refractivity contribution in [2.75, 3.05) is 16.8 Å². The minimum atomic E-state index is 0.784. The van der Waals surface area contributed by atoms with Gasteiger partial charge in [-0.25, -0.2) is 0 Å².